The van der Waals surface area contributed by atoms with E-state index in [2.05, 4.69) is 15.5 Å². The Labute approximate surface area is 165 Å². The number of hydrogen-bond donors (Lipinski definition) is 2. The van der Waals surface area contributed by atoms with Crippen LogP contribution in [0.25, 0.3) is 22.0 Å². The minimum Gasteiger partial charge on any atom is -0.350 e. The van der Waals surface area contributed by atoms with Crippen LogP contribution in [0.3, 0.4) is 0 Å². The number of aromatic nitrogens is 1. The van der Waals surface area contributed by atoms with Crippen molar-refractivity contribution in [3.63, 3.8) is 0 Å². The van der Waals surface area contributed by atoms with Gasteiger partial charge in [-0.05, 0) is 29.3 Å². The molecule has 1 heterocycles. The lowest BCUT2D eigenvalue weighted by molar-refractivity contribution is -0.384. The van der Waals surface area contributed by atoms with E-state index >= 15 is 0 Å². The number of H-pyrrole nitrogens is 1. The summed E-state index contributed by atoms with van der Waals surface area (Å²) in [5.41, 5.74) is 6.16. The van der Waals surface area contributed by atoms with E-state index in [1.54, 1.807) is 12.1 Å². The SMILES string of the molecule is O=C(N/N=C/c1ccc([N+](=O)[O-])cc1)c1[nH]c2ccccc2c1-c1ccccc1. The van der Waals surface area contributed by atoms with Crippen molar-refractivity contribution in [1.29, 1.82) is 0 Å². The Hall–Kier alpha value is -4.26. The molecule has 0 unspecified atom stereocenters. The summed E-state index contributed by atoms with van der Waals surface area (Å²) in [5.74, 6) is -0.377. The van der Waals surface area contributed by atoms with Crippen LogP contribution in [0, 0.1) is 10.1 Å². The average molecular weight is 384 g/mol. The summed E-state index contributed by atoms with van der Waals surface area (Å²) in [6, 6.07) is 23.3. The molecule has 0 radical (unpaired) electrons. The summed E-state index contributed by atoms with van der Waals surface area (Å²) < 4.78 is 0. The highest BCUT2D eigenvalue weighted by molar-refractivity contribution is 6.09. The molecule has 1 aromatic heterocycles. The summed E-state index contributed by atoms with van der Waals surface area (Å²) in [5, 5.41) is 15.6. The lowest BCUT2D eigenvalue weighted by Crippen LogP contribution is -2.18. The summed E-state index contributed by atoms with van der Waals surface area (Å²) in [6.07, 6.45) is 1.44. The first-order valence-electron chi connectivity index (χ1n) is 8.87. The topological polar surface area (TPSA) is 100 Å². The molecule has 0 saturated carbocycles. The number of non-ortho nitro benzene ring substituents is 1. The van der Waals surface area contributed by atoms with Gasteiger partial charge in [0.15, 0.2) is 0 Å². The Morgan fingerprint density at radius 3 is 2.38 bits per heavy atom. The third-order valence-corrected chi connectivity index (χ3v) is 4.48. The lowest BCUT2D eigenvalue weighted by atomic mass is 10.0. The molecule has 7 heteroatoms. The molecule has 0 bridgehead atoms. The molecule has 0 aliphatic rings. The Morgan fingerprint density at radius 1 is 0.966 bits per heavy atom. The minimum atomic E-state index is -0.469. The van der Waals surface area contributed by atoms with Crippen LogP contribution in [-0.2, 0) is 0 Å². The van der Waals surface area contributed by atoms with Crippen molar-refractivity contribution in [3.8, 4) is 11.1 Å². The Morgan fingerprint density at radius 2 is 1.66 bits per heavy atom. The number of hydrogen-bond acceptors (Lipinski definition) is 4. The van der Waals surface area contributed by atoms with Crippen LogP contribution in [0.2, 0.25) is 0 Å². The van der Waals surface area contributed by atoms with Gasteiger partial charge < -0.3 is 4.98 Å². The lowest BCUT2D eigenvalue weighted by Gasteiger charge is -2.04. The summed E-state index contributed by atoms with van der Waals surface area (Å²) in [6.45, 7) is 0. The van der Waals surface area contributed by atoms with Crippen molar-refractivity contribution < 1.29 is 9.72 Å². The van der Waals surface area contributed by atoms with Crippen molar-refractivity contribution in [2.45, 2.75) is 0 Å². The molecular formula is C22H16N4O3. The molecule has 2 N–H and O–H groups in total. The molecule has 4 rings (SSSR count). The van der Waals surface area contributed by atoms with Gasteiger partial charge in [-0.2, -0.15) is 5.10 Å². The molecule has 29 heavy (non-hydrogen) atoms. The zero-order valence-corrected chi connectivity index (χ0v) is 15.2. The number of para-hydroxylation sites is 1. The fourth-order valence-corrected chi connectivity index (χ4v) is 3.12. The van der Waals surface area contributed by atoms with Gasteiger partial charge in [-0.15, -0.1) is 0 Å². The van der Waals surface area contributed by atoms with E-state index < -0.39 is 4.92 Å². The van der Waals surface area contributed by atoms with Gasteiger partial charge in [0.2, 0.25) is 0 Å². The second-order valence-electron chi connectivity index (χ2n) is 6.33. The normalized spacial score (nSPS) is 11.0. The van der Waals surface area contributed by atoms with Gasteiger partial charge in [0.05, 0.1) is 11.1 Å². The van der Waals surface area contributed by atoms with Gasteiger partial charge in [0.25, 0.3) is 11.6 Å². The standard InChI is InChI=1S/C22H16N4O3/c27-22(25-23-14-15-10-12-17(13-11-15)26(28)29)21-20(16-6-2-1-3-7-16)18-8-4-5-9-19(18)24-21/h1-14,24H,(H,25,27)/b23-14+. The van der Waals surface area contributed by atoms with E-state index in [0.717, 1.165) is 22.0 Å². The number of hydrazone groups is 1. The van der Waals surface area contributed by atoms with Crippen molar-refractivity contribution in [3.05, 3.63) is 100 Å². The molecule has 3 aromatic carbocycles. The molecule has 0 spiro atoms. The number of benzene rings is 3. The molecule has 0 saturated heterocycles. The first-order chi connectivity index (χ1) is 14.1. The summed E-state index contributed by atoms with van der Waals surface area (Å²) in [7, 11) is 0. The largest absolute Gasteiger partial charge is 0.350 e. The van der Waals surface area contributed by atoms with Gasteiger partial charge in [0, 0.05) is 28.6 Å². The van der Waals surface area contributed by atoms with Gasteiger partial charge in [-0.1, -0.05) is 48.5 Å². The average Bonchev–Trinajstić information content (AvgIpc) is 3.14. The van der Waals surface area contributed by atoms with Crippen molar-refractivity contribution in [2.24, 2.45) is 5.10 Å². The summed E-state index contributed by atoms with van der Waals surface area (Å²) >= 11 is 0. The molecule has 1 amide bonds. The molecule has 0 fully saturated rings. The number of amides is 1. The third-order valence-electron chi connectivity index (χ3n) is 4.48. The van der Waals surface area contributed by atoms with Crippen molar-refractivity contribution in [2.75, 3.05) is 0 Å². The predicted octanol–water partition coefficient (Wildman–Crippen LogP) is 4.51. The molecule has 7 nitrogen and oxygen atoms in total. The van der Waals surface area contributed by atoms with Crippen LogP contribution in [0.4, 0.5) is 5.69 Å². The molecule has 4 aromatic rings. The fraction of sp³-hybridized carbons (Fsp3) is 0. The number of nitro benzene ring substituents is 1. The van der Waals surface area contributed by atoms with Crippen molar-refractivity contribution in [1.82, 2.24) is 10.4 Å². The maximum atomic E-state index is 12.8. The maximum Gasteiger partial charge on any atom is 0.288 e. The Balaban J connectivity index is 1.61. The Kier molecular flexibility index (Phi) is 4.86. The quantitative estimate of drug-likeness (QED) is 0.301. The van der Waals surface area contributed by atoms with Crippen LogP contribution in [0.5, 0.6) is 0 Å². The molecule has 0 atom stereocenters. The van der Waals surface area contributed by atoms with E-state index in [9.17, 15) is 14.9 Å². The number of fused-ring (bicyclic) bond motifs is 1. The Bertz CT molecular complexity index is 1210. The second kappa shape index (κ2) is 7.77. The first-order valence-corrected chi connectivity index (χ1v) is 8.87. The van der Waals surface area contributed by atoms with E-state index in [-0.39, 0.29) is 11.6 Å². The zero-order chi connectivity index (χ0) is 20.2. The minimum absolute atomic E-state index is 0.00300. The highest BCUT2D eigenvalue weighted by Gasteiger charge is 2.18. The number of nitrogens with one attached hydrogen (secondary N) is 2. The van der Waals surface area contributed by atoms with Gasteiger partial charge in [-0.3, -0.25) is 14.9 Å². The first kappa shape index (κ1) is 18.1. The van der Waals surface area contributed by atoms with Crippen LogP contribution in [-0.4, -0.2) is 22.0 Å². The number of rotatable bonds is 5. The molecule has 0 aliphatic heterocycles. The van der Waals surface area contributed by atoms with Crippen LogP contribution in [0.15, 0.2) is 84.0 Å². The van der Waals surface area contributed by atoms with E-state index in [1.807, 2.05) is 54.6 Å². The molecule has 142 valence electrons. The van der Waals surface area contributed by atoms with Crippen LogP contribution in [0.1, 0.15) is 16.1 Å². The van der Waals surface area contributed by atoms with Gasteiger partial charge >= 0.3 is 0 Å². The second-order valence-corrected chi connectivity index (χ2v) is 6.33. The van der Waals surface area contributed by atoms with Gasteiger partial charge in [0.1, 0.15) is 5.69 Å². The number of aromatic amines is 1. The zero-order valence-electron chi connectivity index (χ0n) is 15.2. The molecule has 0 aliphatic carbocycles. The van der Waals surface area contributed by atoms with Gasteiger partial charge in [-0.25, -0.2) is 5.43 Å². The number of nitrogens with zero attached hydrogens (tertiary/aromatic N) is 2. The highest BCUT2D eigenvalue weighted by Crippen LogP contribution is 2.32. The van der Waals surface area contributed by atoms with E-state index in [4.69, 9.17) is 0 Å². The monoisotopic (exact) mass is 384 g/mol. The van der Waals surface area contributed by atoms with Crippen LogP contribution >= 0.6 is 0 Å². The highest BCUT2D eigenvalue weighted by atomic mass is 16.6. The summed E-state index contributed by atoms with van der Waals surface area (Å²) in [4.78, 5) is 26.2. The predicted molar refractivity (Wildman–Crippen MR) is 112 cm³/mol. The van der Waals surface area contributed by atoms with Crippen LogP contribution < -0.4 is 5.43 Å². The smallest absolute Gasteiger partial charge is 0.288 e. The number of nitro groups is 1. The van der Waals surface area contributed by atoms with E-state index in [1.165, 1.54) is 18.3 Å². The maximum absolute atomic E-state index is 12.8. The number of carbonyl (C=O) groups excluding carboxylic acids is 1. The van der Waals surface area contributed by atoms with E-state index in [0.29, 0.717) is 11.3 Å². The molecular weight excluding hydrogens is 368 g/mol. The van der Waals surface area contributed by atoms with Crippen molar-refractivity contribution >= 4 is 28.7 Å². The fourth-order valence-electron chi connectivity index (χ4n) is 3.12. The number of carbonyl (C=O) groups is 1. The third kappa shape index (κ3) is 3.74.